The fraction of sp³-hybridized carbons (Fsp3) is 0.167. The summed E-state index contributed by atoms with van der Waals surface area (Å²) < 4.78 is 39.6. The van der Waals surface area contributed by atoms with Gasteiger partial charge < -0.3 is 0 Å². The Morgan fingerprint density at radius 1 is 1.41 bits per heavy atom. The first-order valence-electron chi connectivity index (χ1n) is 6.10. The van der Waals surface area contributed by atoms with Gasteiger partial charge in [-0.2, -0.15) is 5.10 Å². The van der Waals surface area contributed by atoms with E-state index >= 15 is 0 Å². The van der Waals surface area contributed by atoms with Crippen LogP contribution in [0.2, 0.25) is 0 Å². The van der Waals surface area contributed by atoms with Crippen molar-refractivity contribution in [1.29, 1.82) is 0 Å². The van der Waals surface area contributed by atoms with Gasteiger partial charge in [-0.25, -0.2) is 17.9 Å². The van der Waals surface area contributed by atoms with E-state index in [9.17, 15) is 17.6 Å². The molecule has 2 N–H and O–H groups in total. The first kappa shape index (κ1) is 14.9. The number of rotatable bonds is 3. The number of hydrogen-bond donors (Lipinski definition) is 1. The second-order valence-corrected chi connectivity index (χ2v) is 7.29. The van der Waals surface area contributed by atoms with Gasteiger partial charge in [0.15, 0.2) is 0 Å². The Morgan fingerprint density at radius 3 is 2.82 bits per heavy atom. The Kier molecular flexibility index (Phi) is 3.38. The molecule has 0 amide bonds. The van der Waals surface area contributed by atoms with Gasteiger partial charge in [-0.3, -0.25) is 13.4 Å². The van der Waals surface area contributed by atoms with Crippen LogP contribution in [0.1, 0.15) is 5.69 Å². The molecule has 116 valence electrons. The van der Waals surface area contributed by atoms with Crippen molar-refractivity contribution in [3.8, 4) is 0 Å². The molecule has 0 aliphatic rings. The predicted molar refractivity (Wildman–Crippen MR) is 79.7 cm³/mol. The molecule has 3 rings (SSSR count). The Labute approximate surface area is 128 Å². The lowest BCUT2D eigenvalue weighted by molar-refractivity contribution is 0.594. The van der Waals surface area contributed by atoms with Crippen LogP contribution >= 0.6 is 11.5 Å². The smallest absolute Gasteiger partial charge is 0.268 e. The number of aromatic nitrogens is 3. The molecule has 0 fully saturated rings. The van der Waals surface area contributed by atoms with E-state index in [0.717, 1.165) is 23.8 Å². The summed E-state index contributed by atoms with van der Waals surface area (Å²) >= 11 is 1.12. The highest BCUT2D eigenvalue weighted by Gasteiger charge is 2.20. The summed E-state index contributed by atoms with van der Waals surface area (Å²) in [6.07, 6.45) is 1.14. The van der Waals surface area contributed by atoms with E-state index in [4.69, 9.17) is 5.14 Å². The molecule has 2 aromatic heterocycles. The number of hydrogen-bond acceptors (Lipinski definition) is 5. The molecule has 3 aromatic rings. The van der Waals surface area contributed by atoms with Crippen LogP contribution in [0, 0.1) is 5.82 Å². The monoisotopic (exact) mass is 342 g/mol. The molecule has 0 aliphatic heterocycles. The third-order valence-electron chi connectivity index (χ3n) is 3.23. The summed E-state index contributed by atoms with van der Waals surface area (Å²) in [6, 6.07) is 3.94. The van der Waals surface area contributed by atoms with Crippen LogP contribution < -0.4 is 10.7 Å². The molecule has 10 heteroatoms. The Morgan fingerprint density at radius 2 is 2.14 bits per heavy atom. The minimum Gasteiger partial charge on any atom is -0.269 e. The summed E-state index contributed by atoms with van der Waals surface area (Å²) in [5.41, 5.74) is -0.0994. The van der Waals surface area contributed by atoms with Gasteiger partial charge in [0.1, 0.15) is 10.7 Å². The number of halogens is 1. The van der Waals surface area contributed by atoms with Crippen LogP contribution in [-0.4, -0.2) is 22.2 Å². The third kappa shape index (κ3) is 2.45. The highest BCUT2D eigenvalue weighted by atomic mass is 32.2. The zero-order valence-corrected chi connectivity index (χ0v) is 13.0. The molecule has 0 saturated carbocycles. The highest BCUT2D eigenvalue weighted by molar-refractivity contribution is 7.89. The topological polar surface area (TPSA) is 100.0 Å². The maximum absolute atomic E-state index is 13.2. The lowest BCUT2D eigenvalue weighted by atomic mass is 10.3. The number of nitrogens with zero attached hydrogens (tertiary/aromatic N) is 3. The first-order chi connectivity index (χ1) is 10.3. The number of nitrogens with two attached hydrogens (primary N) is 1. The lowest BCUT2D eigenvalue weighted by Crippen LogP contribution is -2.19. The van der Waals surface area contributed by atoms with E-state index in [1.165, 1.54) is 20.8 Å². The third-order valence-corrected chi connectivity index (χ3v) is 5.25. The summed E-state index contributed by atoms with van der Waals surface area (Å²) in [6.45, 7) is -0.0118. The molecule has 0 unspecified atom stereocenters. The largest absolute Gasteiger partial charge is 0.269 e. The molecule has 2 heterocycles. The van der Waals surface area contributed by atoms with Crippen molar-refractivity contribution in [3.63, 3.8) is 0 Å². The number of benzene rings is 1. The normalized spacial score (nSPS) is 12.1. The van der Waals surface area contributed by atoms with Gasteiger partial charge >= 0.3 is 0 Å². The van der Waals surface area contributed by atoms with E-state index in [1.807, 2.05) is 0 Å². The fourth-order valence-corrected chi connectivity index (χ4v) is 3.84. The average molecular weight is 342 g/mol. The van der Waals surface area contributed by atoms with Crippen LogP contribution in [0.4, 0.5) is 4.39 Å². The molecule has 7 nitrogen and oxygen atoms in total. The fourth-order valence-electron chi connectivity index (χ4n) is 2.14. The number of sulfonamides is 1. The van der Waals surface area contributed by atoms with Gasteiger partial charge in [-0.15, -0.1) is 0 Å². The Hall–Kier alpha value is -2.04. The van der Waals surface area contributed by atoms with Gasteiger partial charge in [-0.1, -0.05) is 11.5 Å². The first-order valence-corrected chi connectivity index (χ1v) is 8.42. The van der Waals surface area contributed by atoms with Crippen molar-refractivity contribution in [2.24, 2.45) is 12.2 Å². The van der Waals surface area contributed by atoms with Gasteiger partial charge in [0.2, 0.25) is 10.0 Å². The minimum atomic E-state index is -3.94. The summed E-state index contributed by atoms with van der Waals surface area (Å²) in [4.78, 5) is 12.1. The van der Waals surface area contributed by atoms with E-state index in [0.29, 0.717) is 4.70 Å². The molecule has 0 aliphatic carbocycles. The average Bonchev–Trinajstić information content (AvgIpc) is 2.93. The molecular formula is C12H11FN4O3S2. The molecule has 0 atom stereocenters. The summed E-state index contributed by atoms with van der Waals surface area (Å²) in [5, 5.41) is 9.26. The van der Waals surface area contributed by atoms with Gasteiger partial charge in [-0.05, 0) is 18.2 Å². The van der Waals surface area contributed by atoms with Crippen molar-refractivity contribution in [2.45, 2.75) is 11.4 Å². The van der Waals surface area contributed by atoms with Crippen molar-refractivity contribution in [1.82, 2.24) is 13.7 Å². The minimum absolute atomic E-state index is 0.0118. The zero-order chi connectivity index (χ0) is 16.1. The predicted octanol–water partition coefficient (Wildman–Crippen LogP) is 0.631. The van der Waals surface area contributed by atoms with Gasteiger partial charge in [0.25, 0.3) is 5.56 Å². The van der Waals surface area contributed by atoms with Crippen molar-refractivity contribution >= 4 is 31.6 Å². The molecular weight excluding hydrogens is 331 g/mol. The van der Waals surface area contributed by atoms with Gasteiger partial charge in [0.05, 0.1) is 28.5 Å². The molecule has 0 radical (unpaired) electrons. The summed E-state index contributed by atoms with van der Waals surface area (Å²) in [5.74, 6) is -0.500. The van der Waals surface area contributed by atoms with Crippen LogP contribution in [0.25, 0.3) is 10.1 Å². The van der Waals surface area contributed by atoms with Crippen molar-refractivity contribution < 1.29 is 12.8 Å². The Bertz CT molecular complexity index is 1030. The van der Waals surface area contributed by atoms with Gasteiger partial charge in [0, 0.05) is 7.05 Å². The molecule has 1 aromatic carbocycles. The maximum atomic E-state index is 13.2. The quantitative estimate of drug-likeness (QED) is 0.754. The molecule has 0 bridgehead atoms. The standard InChI is InChI=1S/C12H11FN4O3S2/c1-16-9(11(5-15-16)22(14,19)20)6-17-12(18)8-4-7(13)2-3-10(8)21-17/h2-5H,6H2,1H3,(H2,14,19,20). The van der Waals surface area contributed by atoms with E-state index in [-0.39, 0.29) is 28.1 Å². The number of aryl methyl sites for hydroxylation is 1. The lowest BCUT2D eigenvalue weighted by Gasteiger charge is -2.04. The van der Waals surface area contributed by atoms with E-state index in [1.54, 1.807) is 7.05 Å². The summed E-state index contributed by atoms with van der Waals surface area (Å²) in [7, 11) is -2.38. The molecule has 0 spiro atoms. The number of fused-ring (bicyclic) bond motifs is 1. The zero-order valence-electron chi connectivity index (χ0n) is 11.4. The molecule has 22 heavy (non-hydrogen) atoms. The SMILES string of the molecule is Cn1ncc(S(N)(=O)=O)c1Cn1sc2ccc(F)cc2c1=O. The van der Waals surface area contributed by atoms with Crippen LogP contribution in [0.15, 0.2) is 34.1 Å². The second kappa shape index (κ2) is 5.00. The van der Waals surface area contributed by atoms with E-state index < -0.39 is 15.8 Å². The van der Waals surface area contributed by atoms with Crippen LogP contribution in [0.5, 0.6) is 0 Å². The maximum Gasteiger partial charge on any atom is 0.268 e. The second-order valence-electron chi connectivity index (χ2n) is 4.70. The Balaban J connectivity index is 2.14. The van der Waals surface area contributed by atoms with Crippen LogP contribution in [0.3, 0.4) is 0 Å². The van der Waals surface area contributed by atoms with E-state index in [2.05, 4.69) is 5.10 Å². The highest BCUT2D eigenvalue weighted by Crippen LogP contribution is 2.20. The van der Waals surface area contributed by atoms with Crippen molar-refractivity contribution in [2.75, 3.05) is 0 Å². The van der Waals surface area contributed by atoms with Crippen LogP contribution in [-0.2, 0) is 23.6 Å². The van der Waals surface area contributed by atoms with Crippen molar-refractivity contribution in [3.05, 3.63) is 46.3 Å². The number of primary sulfonamides is 1. The molecule has 0 saturated heterocycles.